The van der Waals surface area contributed by atoms with Crippen molar-refractivity contribution in [1.82, 2.24) is 10.6 Å². The van der Waals surface area contributed by atoms with E-state index in [4.69, 9.17) is 5.73 Å². The van der Waals surface area contributed by atoms with Gasteiger partial charge in [-0.05, 0) is 156 Å². The Kier molecular flexibility index (Phi) is 11.6. The molecular formula is C35H65N3O2. The van der Waals surface area contributed by atoms with E-state index in [1.54, 1.807) is 0 Å². The van der Waals surface area contributed by atoms with Gasteiger partial charge < -0.3 is 21.5 Å². The zero-order valence-electron chi connectivity index (χ0n) is 26.9. The van der Waals surface area contributed by atoms with Gasteiger partial charge in [0.25, 0.3) is 0 Å². The summed E-state index contributed by atoms with van der Waals surface area (Å²) in [4.78, 5) is 12.6. The average Bonchev–Trinajstić information content (AvgIpc) is 3.30. The van der Waals surface area contributed by atoms with Crippen molar-refractivity contribution >= 4 is 5.78 Å². The van der Waals surface area contributed by atoms with Gasteiger partial charge in [0.15, 0.2) is 0 Å². The standard InChI is InChI=1S/C35H65N3O2/c1-6-24(2)31(39)13-10-25(3)28-11-12-29-33-30(15-17-35(28,29)5)34(4)16-14-27(22-26(34)23-32(33)40)38-21-9-20-37-19-8-7-18-36/h24-30,32-33,37-38,40H,6-23,36H2,1-5H3/t24?,25-,26-,27+,28?,29?,30?,32-,33?,34+,35-/m1/s1. The Bertz CT molecular complexity index is 806. The summed E-state index contributed by atoms with van der Waals surface area (Å²) in [6.07, 6.45) is 16.2. The lowest BCUT2D eigenvalue weighted by Gasteiger charge is -2.62. The summed E-state index contributed by atoms with van der Waals surface area (Å²) in [5.74, 6) is 4.44. The highest BCUT2D eigenvalue weighted by atomic mass is 16.3. The highest BCUT2D eigenvalue weighted by molar-refractivity contribution is 5.80. The highest BCUT2D eigenvalue weighted by Gasteiger charge is 2.62. The number of rotatable bonds is 15. The number of Topliss-reactive ketones (excluding diaryl/α,β-unsaturated/α-hetero) is 1. The molecule has 4 saturated carbocycles. The fraction of sp³-hybridized carbons (Fsp3) is 0.971. The molecule has 4 aliphatic carbocycles. The predicted octanol–water partition coefficient (Wildman–Crippen LogP) is 6.32. The minimum Gasteiger partial charge on any atom is -0.393 e. The first-order valence-corrected chi connectivity index (χ1v) is 17.5. The molecule has 0 saturated heterocycles. The quantitative estimate of drug-likeness (QED) is 0.176. The van der Waals surface area contributed by atoms with E-state index in [1.807, 2.05) is 0 Å². The van der Waals surface area contributed by atoms with Crippen LogP contribution in [0.25, 0.3) is 0 Å². The fourth-order valence-corrected chi connectivity index (χ4v) is 10.5. The number of carbonyl (C=O) groups is 1. The first-order chi connectivity index (χ1) is 19.2. The third kappa shape index (κ3) is 6.84. The maximum atomic E-state index is 12.6. The Hall–Kier alpha value is -0.490. The molecule has 4 fully saturated rings. The lowest BCUT2D eigenvalue weighted by atomic mass is 9.43. The van der Waals surface area contributed by atoms with Crippen LogP contribution >= 0.6 is 0 Å². The summed E-state index contributed by atoms with van der Waals surface area (Å²) in [6.45, 7) is 15.9. The number of unbranched alkanes of at least 4 members (excludes halogenated alkanes) is 1. The zero-order chi connectivity index (χ0) is 28.9. The van der Waals surface area contributed by atoms with Gasteiger partial charge in [-0.25, -0.2) is 0 Å². The molecule has 5 heteroatoms. The Morgan fingerprint density at radius 2 is 1.68 bits per heavy atom. The molecule has 5 nitrogen and oxygen atoms in total. The summed E-state index contributed by atoms with van der Waals surface area (Å²) >= 11 is 0. The van der Waals surface area contributed by atoms with E-state index in [1.165, 1.54) is 57.8 Å². The number of carbonyl (C=O) groups excluding carboxylic acids is 1. The Morgan fingerprint density at radius 1 is 0.950 bits per heavy atom. The normalized spacial score (nSPS) is 40.6. The Labute approximate surface area is 247 Å². The third-order valence-corrected chi connectivity index (χ3v) is 13.2. The molecule has 0 aromatic carbocycles. The van der Waals surface area contributed by atoms with Gasteiger partial charge in [-0.3, -0.25) is 4.79 Å². The summed E-state index contributed by atoms with van der Waals surface area (Å²) in [5.41, 5.74) is 6.31. The van der Waals surface area contributed by atoms with Crippen LogP contribution in [-0.4, -0.2) is 49.2 Å². The van der Waals surface area contributed by atoms with Gasteiger partial charge in [-0.1, -0.05) is 34.6 Å². The van der Waals surface area contributed by atoms with Crippen molar-refractivity contribution in [1.29, 1.82) is 0 Å². The molecule has 11 atom stereocenters. The maximum Gasteiger partial charge on any atom is 0.135 e. The van der Waals surface area contributed by atoms with Crippen LogP contribution in [0.15, 0.2) is 0 Å². The minimum absolute atomic E-state index is 0.134. The molecule has 232 valence electrons. The van der Waals surface area contributed by atoms with E-state index < -0.39 is 0 Å². The van der Waals surface area contributed by atoms with Crippen molar-refractivity contribution in [3.05, 3.63) is 0 Å². The van der Waals surface area contributed by atoms with E-state index in [-0.39, 0.29) is 12.0 Å². The number of hydrogen-bond donors (Lipinski definition) is 4. The Morgan fingerprint density at radius 3 is 2.42 bits per heavy atom. The van der Waals surface area contributed by atoms with Gasteiger partial charge in [-0.2, -0.15) is 0 Å². The molecule has 4 aliphatic rings. The van der Waals surface area contributed by atoms with E-state index in [0.717, 1.165) is 58.3 Å². The van der Waals surface area contributed by atoms with Gasteiger partial charge >= 0.3 is 0 Å². The van der Waals surface area contributed by atoms with Crippen LogP contribution in [0.4, 0.5) is 0 Å². The van der Waals surface area contributed by atoms with Crippen molar-refractivity contribution in [2.24, 2.45) is 58.0 Å². The average molecular weight is 560 g/mol. The van der Waals surface area contributed by atoms with E-state index in [9.17, 15) is 9.90 Å². The second-order valence-electron chi connectivity index (χ2n) is 15.3. The minimum atomic E-state index is -0.134. The molecule has 0 aromatic heterocycles. The maximum absolute atomic E-state index is 12.6. The topological polar surface area (TPSA) is 87.4 Å². The lowest BCUT2D eigenvalue weighted by molar-refractivity contribution is -0.167. The van der Waals surface area contributed by atoms with Gasteiger partial charge in [-0.15, -0.1) is 0 Å². The fourth-order valence-electron chi connectivity index (χ4n) is 10.5. The van der Waals surface area contributed by atoms with Crippen molar-refractivity contribution in [3.63, 3.8) is 0 Å². The van der Waals surface area contributed by atoms with Crippen molar-refractivity contribution < 1.29 is 9.90 Å². The number of aliphatic hydroxyl groups excluding tert-OH is 1. The number of nitrogens with one attached hydrogen (secondary N) is 2. The smallest absolute Gasteiger partial charge is 0.135 e. The molecular weight excluding hydrogens is 494 g/mol. The van der Waals surface area contributed by atoms with Gasteiger partial charge in [0.2, 0.25) is 0 Å². The molecule has 0 bridgehead atoms. The van der Waals surface area contributed by atoms with Crippen LogP contribution in [0.1, 0.15) is 125 Å². The summed E-state index contributed by atoms with van der Waals surface area (Å²) in [7, 11) is 0. The van der Waals surface area contributed by atoms with E-state index >= 15 is 0 Å². The Balaban J connectivity index is 1.30. The molecule has 0 heterocycles. The van der Waals surface area contributed by atoms with Gasteiger partial charge in [0.1, 0.15) is 5.78 Å². The van der Waals surface area contributed by atoms with Crippen LogP contribution in [0.3, 0.4) is 0 Å². The third-order valence-electron chi connectivity index (χ3n) is 13.2. The highest BCUT2D eigenvalue weighted by Crippen LogP contribution is 2.68. The molecule has 5 N–H and O–H groups in total. The van der Waals surface area contributed by atoms with Crippen molar-refractivity contribution in [3.8, 4) is 0 Å². The molecule has 0 spiro atoms. The summed E-state index contributed by atoms with van der Waals surface area (Å²) < 4.78 is 0. The van der Waals surface area contributed by atoms with Crippen LogP contribution in [0, 0.1) is 52.3 Å². The van der Waals surface area contributed by atoms with Crippen LogP contribution in [-0.2, 0) is 4.79 Å². The van der Waals surface area contributed by atoms with Crippen LogP contribution in [0.2, 0.25) is 0 Å². The van der Waals surface area contributed by atoms with Crippen molar-refractivity contribution in [2.75, 3.05) is 26.2 Å². The number of ketones is 1. The number of hydrogen-bond acceptors (Lipinski definition) is 5. The molecule has 40 heavy (non-hydrogen) atoms. The molecule has 4 rings (SSSR count). The van der Waals surface area contributed by atoms with Crippen LogP contribution < -0.4 is 16.4 Å². The van der Waals surface area contributed by atoms with Gasteiger partial charge in [0, 0.05) is 18.4 Å². The molecule has 0 amide bonds. The molecule has 0 radical (unpaired) electrons. The van der Waals surface area contributed by atoms with Crippen LogP contribution in [0.5, 0.6) is 0 Å². The van der Waals surface area contributed by atoms with Gasteiger partial charge in [0.05, 0.1) is 6.10 Å². The van der Waals surface area contributed by atoms with E-state index in [0.29, 0.717) is 58.2 Å². The molecule has 5 unspecified atom stereocenters. The zero-order valence-corrected chi connectivity index (χ0v) is 26.9. The van der Waals surface area contributed by atoms with Crippen molar-refractivity contribution in [2.45, 2.75) is 137 Å². The summed E-state index contributed by atoms with van der Waals surface area (Å²) in [5, 5.41) is 19.2. The first-order valence-electron chi connectivity index (χ1n) is 17.5. The summed E-state index contributed by atoms with van der Waals surface area (Å²) in [6, 6.07) is 0.614. The SMILES string of the molecule is CCC(C)C(=O)CC[C@@H](C)C1CCC2C3C(CC[C@@]21C)[C@@]1(C)CC[C@H](NCCCNCCCCN)C[C@@H]1C[C@H]3O. The molecule has 0 aliphatic heterocycles. The second-order valence-corrected chi connectivity index (χ2v) is 15.3. The number of nitrogens with two attached hydrogens (primary N) is 1. The lowest BCUT2D eigenvalue weighted by Crippen LogP contribution is -2.59. The first kappa shape index (κ1) is 32.4. The van der Waals surface area contributed by atoms with E-state index in [2.05, 4.69) is 45.3 Å². The number of aliphatic hydroxyl groups is 1. The largest absolute Gasteiger partial charge is 0.393 e. The predicted molar refractivity (Wildman–Crippen MR) is 167 cm³/mol. The monoisotopic (exact) mass is 560 g/mol. The number of fused-ring (bicyclic) bond motifs is 5. The molecule has 0 aromatic rings. The second kappa shape index (κ2) is 14.3.